The van der Waals surface area contributed by atoms with Crippen LogP contribution in [0.1, 0.15) is 38.2 Å². The van der Waals surface area contributed by atoms with Gasteiger partial charge in [0.05, 0.1) is 12.7 Å². The highest BCUT2D eigenvalue weighted by Gasteiger charge is 2.09. The summed E-state index contributed by atoms with van der Waals surface area (Å²) in [6.07, 6.45) is 3.28. The fourth-order valence-corrected chi connectivity index (χ4v) is 1.72. The van der Waals surface area contributed by atoms with Gasteiger partial charge in [0.15, 0.2) is 0 Å². The van der Waals surface area contributed by atoms with Gasteiger partial charge in [-0.25, -0.2) is 0 Å². The highest BCUT2D eigenvalue weighted by Crippen LogP contribution is 2.12. The standard InChI is InChI=1S/C14H21NO2/c1-2-6-13(9-10-14(15)16)17-11-12-7-4-3-5-8-12/h3-5,7-8,13H,2,6,9-11H2,1H3,(H2,15,16). The van der Waals surface area contributed by atoms with Gasteiger partial charge in [0.25, 0.3) is 0 Å². The topological polar surface area (TPSA) is 52.3 Å². The van der Waals surface area contributed by atoms with Crippen LogP contribution in [0.15, 0.2) is 30.3 Å². The Bertz CT molecular complexity index is 324. The average molecular weight is 235 g/mol. The fraction of sp³-hybridized carbons (Fsp3) is 0.500. The molecule has 0 fully saturated rings. The number of carbonyl (C=O) groups excluding carboxylic acids is 1. The molecule has 1 aromatic rings. The van der Waals surface area contributed by atoms with Crippen LogP contribution in [0.5, 0.6) is 0 Å². The third kappa shape index (κ3) is 6.07. The second-order valence-corrected chi connectivity index (χ2v) is 4.21. The van der Waals surface area contributed by atoms with E-state index in [1.54, 1.807) is 0 Å². The Morgan fingerprint density at radius 2 is 2.00 bits per heavy atom. The van der Waals surface area contributed by atoms with Crippen molar-refractivity contribution in [2.24, 2.45) is 5.73 Å². The van der Waals surface area contributed by atoms with Gasteiger partial charge in [-0.05, 0) is 18.4 Å². The second-order valence-electron chi connectivity index (χ2n) is 4.21. The quantitative estimate of drug-likeness (QED) is 0.753. The van der Waals surface area contributed by atoms with Crippen LogP contribution >= 0.6 is 0 Å². The Kier molecular flexibility index (Phi) is 6.33. The maximum absolute atomic E-state index is 10.7. The van der Waals surface area contributed by atoms with E-state index in [-0.39, 0.29) is 12.0 Å². The van der Waals surface area contributed by atoms with Crippen LogP contribution < -0.4 is 5.73 Å². The molecule has 0 aromatic heterocycles. The molecule has 0 spiro atoms. The van der Waals surface area contributed by atoms with Crippen molar-refractivity contribution in [3.8, 4) is 0 Å². The van der Waals surface area contributed by atoms with Gasteiger partial charge in [0.1, 0.15) is 0 Å². The summed E-state index contributed by atoms with van der Waals surface area (Å²) in [5, 5.41) is 0. The summed E-state index contributed by atoms with van der Waals surface area (Å²) in [6, 6.07) is 10.1. The van der Waals surface area contributed by atoms with Gasteiger partial charge in [0, 0.05) is 6.42 Å². The van der Waals surface area contributed by atoms with Crippen LogP contribution in [0.3, 0.4) is 0 Å². The number of ether oxygens (including phenoxy) is 1. The molecule has 94 valence electrons. The number of benzene rings is 1. The van der Waals surface area contributed by atoms with Crippen molar-refractivity contribution in [3.63, 3.8) is 0 Å². The number of hydrogen-bond acceptors (Lipinski definition) is 2. The summed E-state index contributed by atoms with van der Waals surface area (Å²) >= 11 is 0. The summed E-state index contributed by atoms with van der Waals surface area (Å²) in [6.45, 7) is 2.72. The van der Waals surface area contributed by atoms with Gasteiger partial charge in [-0.2, -0.15) is 0 Å². The fourth-order valence-electron chi connectivity index (χ4n) is 1.72. The lowest BCUT2D eigenvalue weighted by Gasteiger charge is -2.16. The van der Waals surface area contributed by atoms with Gasteiger partial charge in [-0.3, -0.25) is 4.79 Å². The lowest BCUT2D eigenvalue weighted by atomic mass is 10.1. The molecule has 0 radical (unpaired) electrons. The molecule has 0 bridgehead atoms. The highest BCUT2D eigenvalue weighted by molar-refractivity contribution is 5.73. The van der Waals surface area contributed by atoms with E-state index in [0.717, 1.165) is 24.8 Å². The number of amides is 1. The van der Waals surface area contributed by atoms with Crippen molar-refractivity contribution in [3.05, 3.63) is 35.9 Å². The van der Waals surface area contributed by atoms with Gasteiger partial charge < -0.3 is 10.5 Å². The molecule has 1 atom stereocenters. The lowest BCUT2D eigenvalue weighted by molar-refractivity contribution is -0.118. The predicted molar refractivity (Wildman–Crippen MR) is 68.4 cm³/mol. The Morgan fingerprint density at radius 1 is 1.29 bits per heavy atom. The first kappa shape index (κ1) is 13.7. The number of rotatable bonds is 8. The molecule has 0 saturated carbocycles. The number of nitrogens with two attached hydrogens (primary N) is 1. The zero-order valence-electron chi connectivity index (χ0n) is 10.4. The third-order valence-electron chi connectivity index (χ3n) is 2.65. The molecule has 0 saturated heterocycles. The minimum Gasteiger partial charge on any atom is -0.374 e. The zero-order valence-corrected chi connectivity index (χ0v) is 10.4. The molecule has 2 N–H and O–H groups in total. The molecular weight excluding hydrogens is 214 g/mol. The van der Waals surface area contributed by atoms with Crippen molar-refractivity contribution in [1.82, 2.24) is 0 Å². The van der Waals surface area contributed by atoms with E-state index >= 15 is 0 Å². The van der Waals surface area contributed by atoms with Crippen LogP contribution in [0.2, 0.25) is 0 Å². The van der Waals surface area contributed by atoms with E-state index in [9.17, 15) is 4.79 Å². The monoisotopic (exact) mass is 235 g/mol. The predicted octanol–water partition coefficient (Wildman–Crippen LogP) is 2.64. The molecule has 0 aliphatic rings. The highest BCUT2D eigenvalue weighted by atomic mass is 16.5. The maximum Gasteiger partial charge on any atom is 0.217 e. The van der Waals surface area contributed by atoms with Crippen LogP contribution in [0.4, 0.5) is 0 Å². The normalized spacial score (nSPS) is 12.3. The number of hydrogen-bond donors (Lipinski definition) is 1. The first-order chi connectivity index (χ1) is 8.22. The molecular formula is C14H21NO2. The van der Waals surface area contributed by atoms with Crippen molar-refractivity contribution in [2.75, 3.05) is 0 Å². The first-order valence-corrected chi connectivity index (χ1v) is 6.16. The molecule has 17 heavy (non-hydrogen) atoms. The van der Waals surface area contributed by atoms with E-state index in [0.29, 0.717) is 13.0 Å². The maximum atomic E-state index is 10.7. The van der Waals surface area contributed by atoms with Crippen molar-refractivity contribution < 1.29 is 9.53 Å². The molecule has 3 heteroatoms. The minimum absolute atomic E-state index is 0.132. The van der Waals surface area contributed by atoms with Crippen molar-refractivity contribution in [2.45, 2.75) is 45.3 Å². The Labute approximate surface area is 103 Å². The van der Waals surface area contributed by atoms with E-state index in [4.69, 9.17) is 10.5 Å². The van der Waals surface area contributed by atoms with E-state index < -0.39 is 0 Å². The molecule has 0 heterocycles. The van der Waals surface area contributed by atoms with Crippen LogP contribution in [-0.2, 0) is 16.1 Å². The second kappa shape index (κ2) is 7.85. The molecule has 0 aliphatic carbocycles. The molecule has 3 nitrogen and oxygen atoms in total. The van der Waals surface area contributed by atoms with E-state index in [1.807, 2.05) is 30.3 Å². The summed E-state index contributed by atoms with van der Waals surface area (Å²) in [7, 11) is 0. The molecule has 1 amide bonds. The van der Waals surface area contributed by atoms with E-state index in [2.05, 4.69) is 6.92 Å². The molecule has 1 unspecified atom stereocenters. The smallest absolute Gasteiger partial charge is 0.217 e. The summed E-state index contributed by atoms with van der Waals surface area (Å²) < 4.78 is 5.81. The van der Waals surface area contributed by atoms with Crippen LogP contribution in [0, 0.1) is 0 Å². The van der Waals surface area contributed by atoms with Gasteiger partial charge in [0.2, 0.25) is 5.91 Å². The SMILES string of the molecule is CCCC(CCC(N)=O)OCc1ccccc1. The van der Waals surface area contributed by atoms with Gasteiger partial charge >= 0.3 is 0 Å². The average Bonchev–Trinajstić information content (AvgIpc) is 2.34. The van der Waals surface area contributed by atoms with Gasteiger partial charge in [-0.15, -0.1) is 0 Å². The molecule has 1 rings (SSSR count). The number of primary amides is 1. The molecule has 1 aromatic carbocycles. The van der Waals surface area contributed by atoms with Crippen molar-refractivity contribution >= 4 is 5.91 Å². The van der Waals surface area contributed by atoms with Gasteiger partial charge in [-0.1, -0.05) is 43.7 Å². The minimum atomic E-state index is -0.255. The Hall–Kier alpha value is -1.35. The van der Waals surface area contributed by atoms with Crippen molar-refractivity contribution in [1.29, 1.82) is 0 Å². The summed E-state index contributed by atoms with van der Waals surface area (Å²) in [5.41, 5.74) is 6.31. The summed E-state index contributed by atoms with van der Waals surface area (Å²) in [4.78, 5) is 10.7. The largest absolute Gasteiger partial charge is 0.374 e. The van der Waals surface area contributed by atoms with Crippen LogP contribution in [-0.4, -0.2) is 12.0 Å². The van der Waals surface area contributed by atoms with Crippen LogP contribution in [0.25, 0.3) is 0 Å². The third-order valence-corrected chi connectivity index (χ3v) is 2.65. The lowest BCUT2D eigenvalue weighted by Crippen LogP contribution is -2.18. The Morgan fingerprint density at radius 3 is 2.59 bits per heavy atom. The number of carbonyl (C=O) groups is 1. The Balaban J connectivity index is 2.36. The zero-order chi connectivity index (χ0) is 12.5. The summed E-state index contributed by atoms with van der Waals surface area (Å²) in [5.74, 6) is -0.255. The first-order valence-electron chi connectivity index (χ1n) is 6.16. The molecule has 0 aliphatic heterocycles. The van der Waals surface area contributed by atoms with E-state index in [1.165, 1.54) is 0 Å².